The molecule has 0 fully saturated rings. The first-order chi connectivity index (χ1) is 13.1. The van der Waals surface area contributed by atoms with Crippen LogP contribution in [0.3, 0.4) is 0 Å². The average Bonchev–Trinajstić information content (AvgIpc) is 3.31. The van der Waals surface area contributed by atoms with E-state index < -0.39 is 0 Å². The number of aromatic nitrogens is 2. The fourth-order valence-corrected chi connectivity index (χ4v) is 5.23. The molecule has 0 bridgehead atoms. The molecule has 5 rings (SSSR count). The zero-order valence-corrected chi connectivity index (χ0v) is 16.3. The zero-order chi connectivity index (χ0) is 18.5. The van der Waals surface area contributed by atoms with Crippen LogP contribution in [-0.2, 0) is 4.79 Å². The summed E-state index contributed by atoms with van der Waals surface area (Å²) in [5.74, 6) is 1.17. The van der Waals surface area contributed by atoms with Crippen LogP contribution < -0.4 is 5.32 Å². The van der Waals surface area contributed by atoms with Gasteiger partial charge in [0.15, 0.2) is 11.6 Å². The van der Waals surface area contributed by atoms with E-state index in [2.05, 4.69) is 27.0 Å². The minimum absolute atomic E-state index is 0.107. The molecule has 0 spiro atoms. The van der Waals surface area contributed by atoms with Gasteiger partial charge in [-0.1, -0.05) is 29.8 Å². The van der Waals surface area contributed by atoms with Crippen molar-refractivity contribution >= 4 is 34.5 Å². The highest BCUT2D eigenvalue weighted by Gasteiger charge is 2.40. The smallest absolute Gasteiger partial charge is 0.162 e. The van der Waals surface area contributed by atoms with Crippen LogP contribution in [0.5, 0.6) is 0 Å². The van der Waals surface area contributed by atoms with E-state index in [9.17, 15) is 4.79 Å². The van der Waals surface area contributed by atoms with Crippen molar-refractivity contribution in [2.45, 2.75) is 31.6 Å². The normalized spacial score (nSPS) is 21.6. The summed E-state index contributed by atoms with van der Waals surface area (Å²) in [6.45, 7) is 2.00. The predicted octanol–water partition coefficient (Wildman–Crippen LogP) is 5.39. The summed E-state index contributed by atoms with van der Waals surface area (Å²) in [6.07, 6.45) is 1.38. The highest BCUT2D eigenvalue weighted by atomic mass is 35.5. The van der Waals surface area contributed by atoms with Gasteiger partial charge >= 0.3 is 0 Å². The summed E-state index contributed by atoms with van der Waals surface area (Å²) in [7, 11) is 0. The molecule has 3 heterocycles. The molecule has 3 aromatic rings. The number of carbonyl (C=O) groups is 1. The molecule has 136 valence electrons. The summed E-state index contributed by atoms with van der Waals surface area (Å²) >= 11 is 7.81. The van der Waals surface area contributed by atoms with Crippen LogP contribution in [0, 0.1) is 6.92 Å². The second-order valence-corrected chi connectivity index (χ2v) is 8.57. The number of halogens is 1. The van der Waals surface area contributed by atoms with E-state index in [-0.39, 0.29) is 17.6 Å². The second kappa shape index (κ2) is 6.36. The zero-order valence-electron chi connectivity index (χ0n) is 14.8. The Hall–Kier alpha value is -2.37. The molecule has 0 amide bonds. The molecule has 6 heteroatoms. The lowest BCUT2D eigenvalue weighted by atomic mass is 9.73. The van der Waals surface area contributed by atoms with Gasteiger partial charge in [-0.3, -0.25) is 9.89 Å². The number of aryl methyl sites for hydroxylation is 1. The minimum Gasteiger partial charge on any atom is -0.342 e. The molecular formula is C21H18ClN3OS. The number of fused-ring (bicyclic) bond motifs is 1. The Morgan fingerprint density at radius 2 is 2.00 bits per heavy atom. The van der Waals surface area contributed by atoms with Crippen molar-refractivity contribution in [3.63, 3.8) is 0 Å². The first-order valence-corrected chi connectivity index (χ1v) is 10.2. The summed E-state index contributed by atoms with van der Waals surface area (Å²) in [5, 5.41) is 13.7. The Bertz CT molecular complexity index is 1050. The van der Waals surface area contributed by atoms with Crippen molar-refractivity contribution in [1.82, 2.24) is 10.2 Å². The van der Waals surface area contributed by atoms with Crippen molar-refractivity contribution in [2.75, 3.05) is 5.32 Å². The van der Waals surface area contributed by atoms with Crippen molar-refractivity contribution in [3.8, 4) is 0 Å². The number of nitrogens with zero attached hydrogens (tertiary/aromatic N) is 1. The van der Waals surface area contributed by atoms with Gasteiger partial charge in [0, 0.05) is 50.7 Å². The lowest BCUT2D eigenvalue weighted by molar-refractivity contribution is -0.116. The standard InChI is InChI=1S/C21H18ClN3OS/c1-11-18-19(12-4-6-14(22)7-5-12)20-15(23-21(18)25-24-11)9-13(10-16(20)26)17-3-2-8-27-17/h2-8,13,19H,9-10H2,1H3,(H2,23,24,25)/t13-,19-/m1/s1. The Morgan fingerprint density at radius 1 is 1.19 bits per heavy atom. The van der Waals surface area contributed by atoms with E-state index in [0.29, 0.717) is 11.4 Å². The molecule has 2 aliphatic rings. The lowest BCUT2D eigenvalue weighted by Gasteiger charge is -2.34. The monoisotopic (exact) mass is 395 g/mol. The third-order valence-corrected chi connectivity index (χ3v) is 6.78. The SMILES string of the molecule is Cc1[nH]nc2c1[C@@H](c1ccc(Cl)cc1)C1=C(C[C@@H](c3cccs3)CC1=O)N2. The molecule has 4 nitrogen and oxygen atoms in total. The molecule has 0 saturated carbocycles. The summed E-state index contributed by atoms with van der Waals surface area (Å²) in [4.78, 5) is 14.5. The van der Waals surface area contributed by atoms with Gasteiger partial charge in [-0.25, -0.2) is 0 Å². The van der Waals surface area contributed by atoms with Gasteiger partial charge in [0.2, 0.25) is 0 Å². The number of carbonyl (C=O) groups excluding carboxylic acids is 1. The van der Waals surface area contributed by atoms with Crippen LogP contribution in [0.2, 0.25) is 5.02 Å². The number of aromatic amines is 1. The maximum Gasteiger partial charge on any atom is 0.162 e. The van der Waals surface area contributed by atoms with Gasteiger partial charge in [-0.05, 0) is 42.5 Å². The number of allylic oxidation sites excluding steroid dienone is 2. The Labute approximate surface area is 166 Å². The number of nitrogens with one attached hydrogen (secondary N) is 2. The summed E-state index contributed by atoms with van der Waals surface area (Å²) < 4.78 is 0. The number of ketones is 1. The quantitative estimate of drug-likeness (QED) is 0.611. The van der Waals surface area contributed by atoms with E-state index in [4.69, 9.17) is 11.6 Å². The van der Waals surface area contributed by atoms with E-state index in [1.54, 1.807) is 11.3 Å². The van der Waals surface area contributed by atoms with E-state index >= 15 is 0 Å². The maximum atomic E-state index is 13.3. The predicted molar refractivity (Wildman–Crippen MR) is 109 cm³/mol. The topological polar surface area (TPSA) is 57.8 Å². The Balaban J connectivity index is 1.64. The molecule has 2 atom stereocenters. The maximum absolute atomic E-state index is 13.3. The fraction of sp³-hybridized carbons (Fsp3) is 0.238. The molecule has 2 aromatic heterocycles. The fourth-order valence-electron chi connectivity index (χ4n) is 4.27. The lowest BCUT2D eigenvalue weighted by Crippen LogP contribution is -2.29. The molecule has 0 unspecified atom stereocenters. The van der Waals surface area contributed by atoms with Crippen LogP contribution in [0.1, 0.15) is 46.4 Å². The molecule has 0 saturated heterocycles. The highest BCUT2D eigenvalue weighted by Crippen LogP contribution is 2.48. The number of benzene rings is 1. The third-order valence-electron chi connectivity index (χ3n) is 5.50. The summed E-state index contributed by atoms with van der Waals surface area (Å²) in [5.41, 5.74) is 4.99. The third kappa shape index (κ3) is 2.73. The van der Waals surface area contributed by atoms with Gasteiger partial charge < -0.3 is 5.32 Å². The van der Waals surface area contributed by atoms with Crippen LogP contribution in [-0.4, -0.2) is 16.0 Å². The highest BCUT2D eigenvalue weighted by molar-refractivity contribution is 7.10. The van der Waals surface area contributed by atoms with Crippen LogP contribution in [0.15, 0.2) is 53.0 Å². The van der Waals surface area contributed by atoms with E-state index in [0.717, 1.165) is 40.3 Å². The number of thiophene rings is 1. The molecular weight excluding hydrogens is 378 g/mol. The number of H-pyrrole nitrogens is 1. The number of rotatable bonds is 2. The van der Waals surface area contributed by atoms with E-state index in [1.807, 2.05) is 37.3 Å². The van der Waals surface area contributed by atoms with Crippen LogP contribution in [0.4, 0.5) is 5.82 Å². The first kappa shape index (κ1) is 16.8. The molecule has 2 N–H and O–H groups in total. The molecule has 1 aromatic carbocycles. The van der Waals surface area contributed by atoms with Gasteiger partial charge in [-0.15, -0.1) is 11.3 Å². The van der Waals surface area contributed by atoms with E-state index in [1.165, 1.54) is 4.88 Å². The molecule has 1 aliphatic heterocycles. The average molecular weight is 396 g/mol. The van der Waals surface area contributed by atoms with Crippen molar-refractivity contribution < 1.29 is 4.79 Å². The first-order valence-electron chi connectivity index (χ1n) is 8.99. The molecule has 27 heavy (non-hydrogen) atoms. The Kier molecular flexibility index (Phi) is 3.95. The van der Waals surface area contributed by atoms with Crippen molar-refractivity contribution in [2.24, 2.45) is 0 Å². The van der Waals surface area contributed by atoms with Crippen molar-refractivity contribution in [3.05, 3.63) is 79.8 Å². The van der Waals surface area contributed by atoms with Gasteiger partial charge in [0.25, 0.3) is 0 Å². The molecule has 1 aliphatic carbocycles. The number of hydrogen-bond donors (Lipinski definition) is 2. The van der Waals surface area contributed by atoms with Crippen LogP contribution in [0.25, 0.3) is 0 Å². The number of hydrogen-bond acceptors (Lipinski definition) is 4. The summed E-state index contributed by atoms with van der Waals surface area (Å²) in [6, 6.07) is 12.0. The minimum atomic E-state index is -0.107. The van der Waals surface area contributed by atoms with Gasteiger partial charge in [-0.2, -0.15) is 5.10 Å². The largest absolute Gasteiger partial charge is 0.342 e. The van der Waals surface area contributed by atoms with Gasteiger partial charge in [0.05, 0.1) is 0 Å². The van der Waals surface area contributed by atoms with Crippen LogP contribution >= 0.6 is 22.9 Å². The second-order valence-electron chi connectivity index (χ2n) is 7.16. The Morgan fingerprint density at radius 3 is 2.74 bits per heavy atom. The number of Topliss-reactive ketones (excluding diaryl/α,β-unsaturated/α-hetero) is 1. The molecule has 0 radical (unpaired) electrons. The number of anilines is 1. The van der Waals surface area contributed by atoms with Gasteiger partial charge in [0.1, 0.15) is 0 Å². The van der Waals surface area contributed by atoms with Crippen molar-refractivity contribution in [1.29, 1.82) is 0 Å².